The summed E-state index contributed by atoms with van der Waals surface area (Å²) in [5, 5.41) is 17.2. The summed E-state index contributed by atoms with van der Waals surface area (Å²) >= 11 is 1.92. The molecule has 0 saturated carbocycles. The molecule has 4 amide bonds. The zero-order chi connectivity index (χ0) is 32.3. The van der Waals surface area contributed by atoms with E-state index in [2.05, 4.69) is 52.3 Å². The normalized spacial score (nSPS) is 19.9. The molecule has 0 aliphatic carbocycles. The van der Waals surface area contributed by atoms with Crippen molar-refractivity contribution in [2.45, 2.75) is 138 Å². The maximum atomic E-state index is 13.0. The molecule has 4 atom stereocenters. The number of carbonyl (C=O) groups excluding carboxylic acids is 3. The Kier molecular flexibility index (Phi) is 17.9. The molecule has 0 spiro atoms. The lowest BCUT2D eigenvalue weighted by atomic mass is 10.0. The van der Waals surface area contributed by atoms with Crippen LogP contribution in [0.15, 0.2) is 29.4 Å². The lowest BCUT2D eigenvalue weighted by molar-refractivity contribution is -0.124. The smallest absolute Gasteiger partial charge is 0.315 e. The van der Waals surface area contributed by atoms with Gasteiger partial charge < -0.3 is 26.6 Å². The van der Waals surface area contributed by atoms with E-state index in [0.717, 1.165) is 74.3 Å². The molecule has 0 radical (unpaired) electrons. The van der Waals surface area contributed by atoms with Crippen LogP contribution in [0.3, 0.4) is 0 Å². The monoisotopic (exact) mass is 680 g/mol. The molecule has 2 aliphatic heterocycles. The molecule has 0 unspecified atom stereocenters. The number of rotatable bonds is 23. The molecule has 12 heteroatoms. The van der Waals surface area contributed by atoms with Crippen LogP contribution in [0.2, 0.25) is 0 Å². The molecule has 2 aliphatic rings. The van der Waals surface area contributed by atoms with Gasteiger partial charge in [0.1, 0.15) is 5.03 Å². The largest absolute Gasteiger partial charge is 0.356 e. The number of aromatic nitrogens is 1. The van der Waals surface area contributed by atoms with Gasteiger partial charge in [0.2, 0.25) is 11.8 Å². The van der Waals surface area contributed by atoms with Crippen molar-refractivity contribution >= 4 is 51.2 Å². The maximum absolute atomic E-state index is 13.0. The zero-order valence-corrected chi connectivity index (χ0v) is 30.0. The quantitative estimate of drug-likeness (QED) is 0.0538. The number of pyridine rings is 1. The van der Waals surface area contributed by atoms with Gasteiger partial charge in [-0.25, -0.2) is 9.78 Å². The van der Waals surface area contributed by atoms with Crippen molar-refractivity contribution in [3.05, 3.63) is 24.4 Å². The minimum atomic E-state index is -0.170. The Labute approximate surface area is 283 Å². The first-order valence-electron chi connectivity index (χ1n) is 16.9. The van der Waals surface area contributed by atoms with Crippen molar-refractivity contribution in [3.8, 4) is 0 Å². The van der Waals surface area contributed by atoms with Crippen molar-refractivity contribution in [2.24, 2.45) is 0 Å². The summed E-state index contributed by atoms with van der Waals surface area (Å²) in [5.41, 5.74) is -0.119. The number of amides is 4. The predicted molar refractivity (Wildman–Crippen MR) is 191 cm³/mol. The first-order chi connectivity index (χ1) is 21.7. The molecule has 1 aromatic rings. The predicted octanol–water partition coefficient (Wildman–Crippen LogP) is 6.05. The summed E-state index contributed by atoms with van der Waals surface area (Å²) in [6.45, 7) is 7.68. The molecule has 1 aromatic heterocycles. The fourth-order valence-corrected chi connectivity index (χ4v) is 9.25. The Morgan fingerprint density at radius 2 is 1.73 bits per heavy atom. The summed E-state index contributed by atoms with van der Waals surface area (Å²) in [4.78, 5) is 41.0. The number of hydrogen-bond acceptors (Lipinski definition) is 8. The number of urea groups is 1. The van der Waals surface area contributed by atoms with Crippen LogP contribution in [0.4, 0.5) is 4.79 Å². The van der Waals surface area contributed by atoms with E-state index in [4.69, 9.17) is 0 Å². The average Bonchev–Trinajstić information content (AvgIpc) is 3.56. The standard InChI is InChI=1S/C33H56N6O3S3/c1-33(2,3)39-25(16-8-5-4-6-15-23-44-45-29-19-11-14-21-35-29)31(41)36-22-13-7-12-20-34-28(40)18-10-9-17-27-30-26(24-43-27)37-32(42)38-30/h11,14,19,21,25-27,30,39H,4-10,12-13,15-18,20,22-24H2,1-3H3,(H,34,40)(H,36,41)(H2,37,38,42)/t25-,26-,27-,30-/m0/s1. The van der Waals surface area contributed by atoms with Crippen LogP contribution in [-0.4, -0.2) is 76.3 Å². The van der Waals surface area contributed by atoms with E-state index in [1.165, 1.54) is 19.3 Å². The minimum Gasteiger partial charge on any atom is -0.356 e. The molecule has 5 N–H and O–H groups in total. The second-order valence-electron chi connectivity index (χ2n) is 13.1. The number of carbonyl (C=O) groups is 3. The Hall–Kier alpha value is -1.63. The third-order valence-corrected chi connectivity index (χ3v) is 11.8. The van der Waals surface area contributed by atoms with E-state index in [0.29, 0.717) is 24.8 Å². The number of fused-ring (bicyclic) bond motifs is 1. The topological polar surface area (TPSA) is 124 Å². The van der Waals surface area contributed by atoms with Gasteiger partial charge in [0.05, 0.1) is 18.1 Å². The summed E-state index contributed by atoms with van der Waals surface area (Å²) in [7, 11) is 3.62. The summed E-state index contributed by atoms with van der Waals surface area (Å²) < 4.78 is 0. The first kappa shape index (κ1) is 37.8. The molecule has 0 aromatic carbocycles. The zero-order valence-electron chi connectivity index (χ0n) is 27.5. The third kappa shape index (κ3) is 16.2. The Balaban J connectivity index is 1.15. The van der Waals surface area contributed by atoms with Gasteiger partial charge in [-0.1, -0.05) is 49.0 Å². The highest BCUT2D eigenvalue weighted by Crippen LogP contribution is 2.33. The van der Waals surface area contributed by atoms with Crippen LogP contribution in [0.1, 0.15) is 104 Å². The molecule has 3 heterocycles. The number of hydrogen-bond donors (Lipinski definition) is 5. The summed E-state index contributed by atoms with van der Waals surface area (Å²) in [5.74, 6) is 2.32. The Morgan fingerprint density at radius 1 is 0.978 bits per heavy atom. The van der Waals surface area contributed by atoms with Crippen LogP contribution < -0.4 is 26.6 Å². The molecule has 45 heavy (non-hydrogen) atoms. The van der Waals surface area contributed by atoms with Gasteiger partial charge >= 0.3 is 6.03 Å². The second kappa shape index (κ2) is 21.3. The van der Waals surface area contributed by atoms with Gasteiger partial charge in [0.15, 0.2) is 0 Å². The fraction of sp³-hybridized carbons (Fsp3) is 0.758. The van der Waals surface area contributed by atoms with Crippen molar-refractivity contribution in [2.75, 3.05) is 24.6 Å². The molecule has 254 valence electrons. The highest BCUT2D eigenvalue weighted by molar-refractivity contribution is 8.76. The molecule has 0 bridgehead atoms. The number of thioether (sulfide) groups is 1. The fourth-order valence-electron chi connectivity index (χ4n) is 5.68. The molecule has 2 fully saturated rings. The van der Waals surface area contributed by atoms with Gasteiger partial charge in [-0.05, 0) is 88.6 Å². The highest BCUT2D eigenvalue weighted by atomic mass is 33.1. The van der Waals surface area contributed by atoms with E-state index >= 15 is 0 Å². The van der Waals surface area contributed by atoms with Gasteiger partial charge in [-0.3, -0.25) is 9.59 Å². The van der Waals surface area contributed by atoms with E-state index in [1.807, 2.05) is 47.0 Å². The van der Waals surface area contributed by atoms with Gasteiger partial charge in [0, 0.05) is 48.0 Å². The molecule has 2 saturated heterocycles. The number of nitrogens with one attached hydrogen (secondary N) is 5. The second-order valence-corrected chi connectivity index (χ2v) is 16.9. The minimum absolute atomic E-state index is 0.0472. The van der Waals surface area contributed by atoms with Gasteiger partial charge in [0.25, 0.3) is 0 Å². The van der Waals surface area contributed by atoms with Crippen LogP contribution in [0, 0.1) is 0 Å². The van der Waals surface area contributed by atoms with E-state index in [1.54, 1.807) is 10.8 Å². The van der Waals surface area contributed by atoms with Gasteiger partial charge in [-0.2, -0.15) is 11.8 Å². The van der Waals surface area contributed by atoms with Crippen LogP contribution >= 0.6 is 33.3 Å². The van der Waals surface area contributed by atoms with E-state index in [-0.39, 0.29) is 41.5 Å². The van der Waals surface area contributed by atoms with Crippen molar-refractivity contribution in [3.63, 3.8) is 0 Å². The lowest BCUT2D eigenvalue weighted by Gasteiger charge is -2.28. The number of unbranched alkanes of at least 4 members (excludes halogenated alkanes) is 7. The van der Waals surface area contributed by atoms with Crippen LogP contribution in [0.5, 0.6) is 0 Å². The molecule has 3 rings (SSSR count). The van der Waals surface area contributed by atoms with Crippen molar-refractivity contribution in [1.82, 2.24) is 31.6 Å². The van der Waals surface area contributed by atoms with E-state index < -0.39 is 0 Å². The molecular weight excluding hydrogens is 625 g/mol. The van der Waals surface area contributed by atoms with Crippen molar-refractivity contribution in [1.29, 1.82) is 0 Å². The number of nitrogens with zero attached hydrogens (tertiary/aromatic N) is 1. The SMILES string of the molecule is CC(C)(C)N[C@@H](CCCCCCCSSc1ccccn1)C(=O)NCCCCCNC(=O)CCCC[C@@H]1SC[C@@H]2NC(=O)N[C@@H]21. The first-order valence-corrected chi connectivity index (χ1v) is 20.3. The molecule has 9 nitrogen and oxygen atoms in total. The summed E-state index contributed by atoms with van der Waals surface area (Å²) in [6.07, 6.45) is 14.8. The van der Waals surface area contributed by atoms with E-state index in [9.17, 15) is 14.4 Å². The van der Waals surface area contributed by atoms with Gasteiger partial charge in [-0.15, -0.1) is 0 Å². The average molecular weight is 681 g/mol. The lowest BCUT2D eigenvalue weighted by Crippen LogP contribution is -2.51. The molecular formula is C33H56N6O3S3. The van der Waals surface area contributed by atoms with Crippen LogP contribution in [-0.2, 0) is 9.59 Å². The van der Waals surface area contributed by atoms with Crippen LogP contribution in [0.25, 0.3) is 0 Å². The third-order valence-electron chi connectivity index (χ3n) is 7.98. The highest BCUT2D eigenvalue weighted by Gasteiger charge is 2.42. The Morgan fingerprint density at radius 3 is 2.51 bits per heavy atom. The van der Waals surface area contributed by atoms with Crippen molar-refractivity contribution < 1.29 is 14.4 Å². The Bertz CT molecular complexity index is 1010. The maximum Gasteiger partial charge on any atom is 0.315 e. The summed E-state index contributed by atoms with van der Waals surface area (Å²) in [6, 6.07) is 6.29.